The Morgan fingerprint density at radius 2 is 1.84 bits per heavy atom. The summed E-state index contributed by atoms with van der Waals surface area (Å²) < 4.78 is 10.3. The zero-order chi connectivity index (χ0) is 14.3. The van der Waals surface area contributed by atoms with Crippen LogP contribution >= 0.6 is 0 Å². The second kappa shape index (κ2) is 7.27. The topological polar surface area (TPSA) is 62.6 Å². The van der Waals surface area contributed by atoms with Crippen molar-refractivity contribution in [3.8, 4) is 17.6 Å². The molecule has 1 aromatic carbocycles. The first-order chi connectivity index (χ1) is 9.15. The van der Waals surface area contributed by atoms with E-state index in [1.807, 2.05) is 13.0 Å². The van der Waals surface area contributed by atoms with E-state index in [0.717, 1.165) is 6.42 Å². The number of carbonyl (C=O) groups is 1. The number of hydrogen-bond acceptors (Lipinski definition) is 4. The van der Waals surface area contributed by atoms with Gasteiger partial charge in [-0.25, -0.2) is 0 Å². The lowest BCUT2D eigenvalue weighted by Gasteiger charge is -2.19. The molecule has 1 rings (SSSR count). The summed E-state index contributed by atoms with van der Waals surface area (Å²) in [6, 6.07) is 6.99. The smallest absolute Gasteiger partial charge is 0.254 e. The number of carbonyl (C=O) groups excluding carboxylic acids is 1. The maximum absolute atomic E-state index is 12.3. The van der Waals surface area contributed by atoms with E-state index < -0.39 is 0 Å². The minimum absolute atomic E-state index is 0.0756. The first kappa shape index (κ1) is 14.8. The molecule has 0 radical (unpaired) electrons. The maximum Gasteiger partial charge on any atom is 0.254 e. The summed E-state index contributed by atoms with van der Waals surface area (Å²) in [7, 11) is 3.06. The Balaban J connectivity index is 3.06. The van der Waals surface area contributed by atoms with Crippen LogP contribution in [0.15, 0.2) is 18.2 Å². The highest BCUT2D eigenvalue weighted by Gasteiger charge is 2.16. The zero-order valence-electron chi connectivity index (χ0n) is 11.5. The standard InChI is InChI=1S/C14H18N2O3/c1-4-6-16(7-5-15)14(17)11-8-12(18-2)10-13(9-11)19-3/h8-10H,4,6-7H2,1-3H3. The van der Waals surface area contributed by atoms with E-state index in [4.69, 9.17) is 14.7 Å². The van der Waals surface area contributed by atoms with Crippen molar-refractivity contribution in [2.75, 3.05) is 27.3 Å². The average Bonchev–Trinajstić information content (AvgIpc) is 2.45. The molecular weight excluding hydrogens is 244 g/mol. The molecule has 0 unspecified atom stereocenters. The predicted molar refractivity (Wildman–Crippen MR) is 71.4 cm³/mol. The number of rotatable bonds is 6. The minimum atomic E-state index is -0.194. The third kappa shape index (κ3) is 3.88. The molecule has 0 heterocycles. The van der Waals surface area contributed by atoms with Gasteiger partial charge in [-0.1, -0.05) is 6.92 Å². The van der Waals surface area contributed by atoms with Gasteiger partial charge in [-0.3, -0.25) is 4.79 Å². The molecule has 5 nitrogen and oxygen atoms in total. The molecule has 5 heteroatoms. The van der Waals surface area contributed by atoms with E-state index in [2.05, 4.69) is 0 Å². The summed E-state index contributed by atoms with van der Waals surface area (Å²) in [5.41, 5.74) is 0.458. The Bertz CT molecular complexity index is 458. The SMILES string of the molecule is CCCN(CC#N)C(=O)c1cc(OC)cc(OC)c1. The summed E-state index contributed by atoms with van der Waals surface area (Å²) in [6.07, 6.45) is 0.800. The van der Waals surface area contributed by atoms with Gasteiger partial charge in [0.2, 0.25) is 0 Å². The van der Waals surface area contributed by atoms with Gasteiger partial charge < -0.3 is 14.4 Å². The molecule has 0 bridgehead atoms. The second-order valence-electron chi connectivity index (χ2n) is 3.99. The number of methoxy groups -OCH3 is 2. The summed E-state index contributed by atoms with van der Waals surface area (Å²) >= 11 is 0. The van der Waals surface area contributed by atoms with E-state index in [9.17, 15) is 4.79 Å². The van der Waals surface area contributed by atoms with Crippen molar-refractivity contribution in [3.63, 3.8) is 0 Å². The molecular formula is C14H18N2O3. The lowest BCUT2D eigenvalue weighted by Crippen LogP contribution is -2.32. The lowest BCUT2D eigenvalue weighted by atomic mass is 10.1. The van der Waals surface area contributed by atoms with Gasteiger partial charge in [-0.2, -0.15) is 5.26 Å². The molecule has 19 heavy (non-hydrogen) atoms. The molecule has 0 fully saturated rings. The molecule has 1 aromatic rings. The molecule has 0 spiro atoms. The largest absolute Gasteiger partial charge is 0.497 e. The number of nitrogens with zero attached hydrogens (tertiary/aromatic N) is 2. The van der Waals surface area contributed by atoms with Crippen molar-refractivity contribution in [1.82, 2.24) is 4.90 Å². The van der Waals surface area contributed by atoms with Crippen molar-refractivity contribution in [2.45, 2.75) is 13.3 Å². The van der Waals surface area contributed by atoms with Crippen LogP contribution < -0.4 is 9.47 Å². The van der Waals surface area contributed by atoms with Crippen LogP contribution in [0.5, 0.6) is 11.5 Å². The zero-order valence-corrected chi connectivity index (χ0v) is 11.5. The highest BCUT2D eigenvalue weighted by atomic mass is 16.5. The van der Waals surface area contributed by atoms with Gasteiger partial charge >= 0.3 is 0 Å². The van der Waals surface area contributed by atoms with Gasteiger partial charge in [0.25, 0.3) is 5.91 Å². The fourth-order valence-electron chi connectivity index (χ4n) is 1.72. The summed E-state index contributed by atoms with van der Waals surface area (Å²) in [4.78, 5) is 13.8. The van der Waals surface area contributed by atoms with Crippen LogP contribution in [0.4, 0.5) is 0 Å². The highest BCUT2D eigenvalue weighted by Crippen LogP contribution is 2.23. The van der Waals surface area contributed by atoms with Crippen molar-refractivity contribution < 1.29 is 14.3 Å². The molecule has 0 aliphatic heterocycles. The van der Waals surface area contributed by atoms with Gasteiger partial charge in [-0.15, -0.1) is 0 Å². The first-order valence-corrected chi connectivity index (χ1v) is 6.05. The van der Waals surface area contributed by atoms with Gasteiger partial charge in [-0.05, 0) is 18.6 Å². The van der Waals surface area contributed by atoms with Crippen LogP contribution in [-0.4, -0.2) is 38.1 Å². The minimum Gasteiger partial charge on any atom is -0.497 e. The van der Waals surface area contributed by atoms with Crippen LogP contribution in [-0.2, 0) is 0 Å². The van der Waals surface area contributed by atoms with Crippen LogP contribution in [0.25, 0.3) is 0 Å². The average molecular weight is 262 g/mol. The third-order valence-electron chi connectivity index (χ3n) is 2.64. The third-order valence-corrected chi connectivity index (χ3v) is 2.64. The van der Waals surface area contributed by atoms with E-state index in [0.29, 0.717) is 23.6 Å². The molecule has 0 aliphatic rings. The molecule has 0 saturated heterocycles. The predicted octanol–water partition coefficient (Wildman–Crippen LogP) is 2.08. The summed E-state index contributed by atoms with van der Waals surface area (Å²) in [6.45, 7) is 2.59. The van der Waals surface area contributed by atoms with Crippen LogP contribution in [0, 0.1) is 11.3 Å². The molecule has 0 atom stereocenters. The van der Waals surface area contributed by atoms with E-state index in [1.54, 1.807) is 18.2 Å². The van der Waals surface area contributed by atoms with Crippen LogP contribution in [0.2, 0.25) is 0 Å². The Hall–Kier alpha value is -2.22. The van der Waals surface area contributed by atoms with Crippen molar-refractivity contribution in [2.24, 2.45) is 0 Å². The van der Waals surface area contributed by atoms with Gasteiger partial charge in [0.05, 0.1) is 20.3 Å². The molecule has 102 valence electrons. The molecule has 0 aliphatic carbocycles. The molecule has 0 aromatic heterocycles. The van der Waals surface area contributed by atoms with Gasteiger partial charge in [0, 0.05) is 18.2 Å². The van der Waals surface area contributed by atoms with Crippen molar-refractivity contribution in [3.05, 3.63) is 23.8 Å². The van der Waals surface area contributed by atoms with Gasteiger partial charge in [0.15, 0.2) is 0 Å². The monoisotopic (exact) mass is 262 g/mol. The normalized spacial score (nSPS) is 9.58. The Morgan fingerprint density at radius 3 is 2.26 bits per heavy atom. The van der Waals surface area contributed by atoms with E-state index in [-0.39, 0.29) is 12.5 Å². The Labute approximate surface area is 113 Å². The summed E-state index contributed by atoms with van der Waals surface area (Å²) in [5, 5.41) is 8.77. The highest BCUT2D eigenvalue weighted by molar-refractivity contribution is 5.95. The maximum atomic E-state index is 12.3. The summed E-state index contributed by atoms with van der Waals surface area (Å²) in [5.74, 6) is 0.910. The fourth-order valence-corrected chi connectivity index (χ4v) is 1.72. The quantitative estimate of drug-likeness (QED) is 0.736. The molecule has 0 N–H and O–H groups in total. The van der Waals surface area contributed by atoms with Crippen molar-refractivity contribution >= 4 is 5.91 Å². The van der Waals surface area contributed by atoms with Gasteiger partial charge in [0.1, 0.15) is 18.0 Å². The molecule has 1 amide bonds. The lowest BCUT2D eigenvalue weighted by molar-refractivity contribution is 0.0775. The second-order valence-corrected chi connectivity index (χ2v) is 3.99. The fraction of sp³-hybridized carbons (Fsp3) is 0.429. The number of hydrogen-bond donors (Lipinski definition) is 0. The van der Waals surface area contributed by atoms with Crippen LogP contribution in [0.1, 0.15) is 23.7 Å². The Morgan fingerprint density at radius 1 is 1.26 bits per heavy atom. The number of amides is 1. The Kier molecular flexibility index (Phi) is 5.68. The van der Waals surface area contributed by atoms with E-state index in [1.165, 1.54) is 19.1 Å². The number of ether oxygens (including phenoxy) is 2. The molecule has 0 saturated carbocycles. The van der Waals surface area contributed by atoms with Crippen molar-refractivity contribution in [1.29, 1.82) is 5.26 Å². The number of benzene rings is 1. The number of nitriles is 1. The van der Waals surface area contributed by atoms with E-state index >= 15 is 0 Å². The van der Waals surface area contributed by atoms with Crippen LogP contribution in [0.3, 0.4) is 0 Å². The first-order valence-electron chi connectivity index (χ1n) is 6.05.